The number of hydrogen-bond acceptors (Lipinski definition) is 7. The summed E-state index contributed by atoms with van der Waals surface area (Å²) in [6.07, 6.45) is 2.69. The van der Waals surface area contributed by atoms with E-state index in [1.165, 1.54) is 30.4 Å². The number of aliphatic imine (C=N–C) groups is 1. The van der Waals surface area contributed by atoms with Crippen molar-refractivity contribution in [3.05, 3.63) is 57.9 Å². The Morgan fingerprint density at radius 2 is 2.17 bits per heavy atom. The minimum absolute atomic E-state index is 0.139. The van der Waals surface area contributed by atoms with Crippen LogP contribution in [0, 0.1) is 12.7 Å². The van der Waals surface area contributed by atoms with E-state index in [0.29, 0.717) is 0 Å². The number of allylic oxidation sites excluding steroid dienone is 1. The van der Waals surface area contributed by atoms with E-state index in [1.807, 2.05) is 0 Å². The second-order valence-corrected chi connectivity index (χ2v) is 6.35. The summed E-state index contributed by atoms with van der Waals surface area (Å²) >= 11 is 0. The van der Waals surface area contributed by atoms with Crippen molar-refractivity contribution in [1.29, 1.82) is 0 Å². The Hall–Kier alpha value is -2.94. The van der Waals surface area contributed by atoms with Gasteiger partial charge in [-0.15, -0.1) is 0 Å². The second kappa shape index (κ2) is 5.60. The van der Waals surface area contributed by atoms with Crippen LogP contribution < -0.4 is 10.7 Å². The summed E-state index contributed by atoms with van der Waals surface area (Å²) < 4.78 is 46.2. The molecule has 0 amide bonds. The number of halogens is 1. The molecule has 10 heteroatoms. The third-order valence-corrected chi connectivity index (χ3v) is 4.19. The van der Waals surface area contributed by atoms with Crippen molar-refractivity contribution in [2.45, 2.75) is 6.92 Å². The molecule has 124 valence electrons. The van der Waals surface area contributed by atoms with Gasteiger partial charge < -0.3 is 5.32 Å². The molecule has 0 saturated carbocycles. The van der Waals surface area contributed by atoms with Crippen molar-refractivity contribution in [3.63, 3.8) is 0 Å². The molecule has 24 heavy (non-hydrogen) atoms. The summed E-state index contributed by atoms with van der Waals surface area (Å²) in [5.41, 5.74) is 2.82. The molecule has 1 aromatic carbocycles. The van der Waals surface area contributed by atoms with E-state index in [1.54, 1.807) is 13.0 Å². The maximum Gasteiger partial charge on any atom is 0.301 e. The summed E-state index contributed by atoms with van der Waals surface area (Å²) in [6.45, 7) is 1.74. The number of benzene rings is 1. The Bertz CT molecular complexity index is 974. The van der Waals surface area contributed by atoms with Gasteiger partial charge in [-0.2, -0.15) is 8.42 Å². The molecule has 3 N–H and O–H groups in total. The predicted octanol–water partition coefficient (Wildman–Crippen LogP) is 1.06. The maximum absolute atomic E-state index is 14.0. The number of carbonyl (C=O) groups excluding carboxylic acids is 1. The van der Waals surface area contributed by atoms with Crippen LogP contribution in [0.4, 0.5) is 10.1 Å². The number of hydrazine groups is 1. The van der Waals surface area contributed by atoms with E-state index in [-0.39, 0.29) is 17.3 Å². The number of nitrogens with zero attached hydrogens (tertiary/aromatic N) is 2. The summed E-state index contributed by atoms with van der Waals surface area (Å²) in [6, 6.07) is 4.53. The first-order valence-corrected chi connectivity index (χ1v) is 8.07. The van der Waals surface area contributed by atoms with Gasteiger partial charge in [0.2, 0.25) is 0 Å². The third-order valence-electron chi connectivity index (χ3n) is 3.28. The zero-order valence-electron chi connectivity index (χ0n) is 12.2. The van der Waals surface area contributed by atoms with Crippen LogP contribution in [0.3, 0.4) is 0 Å². The lowest BCUT2D eigenvalue weighted by Gasteiger charge is -2.25. The van der Waals surface area contributed by atoms with Gasteiger partial charge in [-0.25, -0.2) is 19.2 Å². The molecule has 0 aromatic heterocycles. The number of hydrogen-bond donors (Lipinski definition) is 3. The first kappa shape index (κ1) is 15.9. The van der Waals surface area contributed by atoms with Gasteiger partial charge in [-0.3, -0.25) is 9.98 Å². The quantitative estimate of drug-likeness (QED) is 0.552. The average Bonchev–Trinajstić information content (AvgIpc) is 2.89. The largest absolute Gasteiger partial charge is 0.338 e. The molecule has 3 rings (SSSR count). The highest BCUT2D eigenvalue weighted by molar-refractivity contribution is 7.90. The molecule has 1 aromatic rings. The molecule has 0 spiro atoms. The van der Waals surface area contributed by atoms with E-state index in [2.05, 4.69) is 15.7 Å². The van der Waals surface area contributed by atoms with E-state index >= 15 is 0 Å². The molecule has 0 unspecified atom stereocenters. The fourth-order valence-corrected chi connectivity index (χ4v) is 2.96. The Labute approximate surface area is 136 Å². The van der Waals surface area contributed by atoms with Crippen molar-refractivity contribution < 1.29 is 22.2 Å². The van der Waals surface area contributed by atoms with E-state index in [9.17, 15) is 22.2 Å². The highest BCUT2D eigenvalue weighted by Gasteiger charge is 2.38. The summed E-state index contributed by atoms with van der Waals surface area (Å²) in [5, 5.41) is 3.87. The SMILES string of the molecule is Cc1ccc(NC2=CC=NC3=C(S(=O)(=O)O)C(=C=O)NN23)c(F)c1. The van der Waals surface area contributed by atoms with Gasteiger partial charge in [-0.05, 0) is 30.7 Å². The Kier molecular flexibility index (Phi) is 3.72. The molecular formula is C14H11FN4O4S. The fourth-order valence-electron chi connectivity index (χ4n) is 2.24. The average molecular weight is 350 g/mol. The summed E-state index contributed by atoms with van der Waals surface area (Å²) in [4.78, 5) is 14.1. The van der Waals surface area contributed by atoms with Crippen molar-refractivity contribution >= 4 is 28.0 Å². The lowest BCUT2D eigenvalue weighted by atomic mass is 10.2. The minimum Gasteiger partial charge on any atom is -0.338 e. The molecular weight excluding hydrogens is 339 g/mol. The monoisotopic (exact) mass is 350 g/mol. The summed E-state index contributed by atoms with van der Waals surface area (Å²) in [5.74, 6) is 0.859. The van der Waals surface area contributed by atoms with Crippen LogP contribution >= 0.6 is 0 Å². The van der Waals surface area contributed by atoms with Crippen molar-refractivity contribution in [2.75, 3.05) is 5.32 Å². The molecule has 8 nitrogen and oxygen atoms in total. The van der Waals surface area contributed by atoms with E-state index < -0.39 is 26.5 Å². The molecule has 0 saturated heterocycles. The minimum atomic E-state index is -4.71. The van der Waals surface area contributed by atoms with Crippen molar-refractivity contribution in [1.82, 2.24) is 10.4 Å². The Morgan fingerprint density at radius 3 is 2.79 bits per heavy atom. The van der Waals surface area contributed by atoms with Crippen LogP contribution in [0.2, 0.25) is 0 Å². The zero-order chi connectivity index (χ0) is 17.5. The molecule has 2 aliphatic heterocycles. The maximum atomic E-state index is 14.0. The van der Waals surface area contributed by atoms with E-state index in [4.69, 9.17) is 0 Å². The Morgan fingerprint density at radius 1 is 1.42 bits per heavy atom. The van der Waals surface area contributed by atoms with Crippen LogP contribution in [0.1, 0.15) is 5.56 Å². The molecule has 0 atom stereocenters. The van der Waals surface area contributed by atoms with Crippen LogP contribution in [0.25, 0.3) is 0 Å². The van der Waals surface area contributed by atoms with Gasteiger partial charge in [0, 0.05) is 6.21 Å². The standard InChI is InChI=1S/C14H11FN4O4S/c1-8-2-3-10(9(15)6-8)17-12-4-5-16-14-13(24(21,22)23)11(7-20)18-19(12)14/h2-6,17-18H,1H3,(H,21,22,23). The Balaban J connectivity index is 2.02. The molecule has 0 fully saturated rings. The van der Waals surface area contributed by atoms with Gasteiger partial charge in [0.05, 0.1) is 5.69 Å². The van der Waals surface area contributed by atoms with Gasteiger partial charge in [0.25, 0.3) is 0 Å². The lowest BCUT2D eigenvalue weighted by molar-refractivity contribution is 0.374. The van der Waals surface area contributed by atoms with Crippen molar-refractivity contribution in [2.24, 2.45) is 4.99 Å². The predicted molar refractivity (Wildman–Crippen MR) is 84.1 cm³/mol. The first-order valence-electron chi connectivity index (χ1n) is 6.63. The first-order chi connectivity index (χ1) is 11.3. The van der Waals surface area contributed by atoms with Crippen LogP contribution in [-0.2, 0) is 14.9 Å². The normalized spacial score (nSPS) is 16.5. The molecule has 0 aliphatic carbocycles. The number of fused-ring (bicyclic) bond motifs is 1. The van der Waals surface area contributed by atoms with Gasteiger partial charge in [0.1, 0.15) is 11.6 Å². The molecule has 2 aliphatic rings. The molecule has 0 bridgehead atoms. The smallest absolute Gasteiger partial charge is 0.301 e. The van der Waals surface area contributed by atoms with Crippen LogP contribution in [0.15, 0.2) is 51.5 Å². The van der Waals surface area contributed by atoms with Gasteiger partial charge in [-0.1, -0.05) is 6.07 Å². The fraction of sp³-hybridized carbons (Fsp3) is 0.0714. The van der Waals surface area contributed by atoms with E-state index in [0.717, 1.165) is 10.6 Å². The number of rotatable bonds is 3. The van der Waals surface area contributed by atoms with Gasteiger partial charge >= 0.3 is 10.1 Å². The molecule has 2 heterocycles. The number of aryl methyl sites for hydroxylation is 1. The van der Waals surface area contributed by atoms with Crippen LogP contribution in [-0.4, -0.2) is 30.1 Å². The molecule has 0 radical (unpaired) electrons. The highest BCUT2D eigenvalue weighted by Crippen LogP contribution is 2.32. The van der Waals surface area contributed by atoms with Crippen LogP contribution in [0.5, 0.6) is 0 Å². The topological polar surface area (TPSA) is 111 Å². The zero-order valence-corrected chi connectivity index (χ0v) is 13.1. The van der Waals surface area contributed by atoms with Crippen molar-refractivity contribution in [3.8, 4) is 0 Å². The third kappa shape index (κ3) is 2.69. The van der Waals surface area contributed by atoms with Gasteiger partial charge in [0.15, 0.2) is 22.4 Å². The number of nitrogens with one attached hydrogen (secondary N) is 2. The second-order valence-electron chi connectivity index (χ2n) is 4.99. The number of anilines is 1. The highest BCUT2D eigenvalue weighted by atomic mass is 32.2. The summed E-state index contributed by atoms with van der Waals surface area (Å²) in [7, 11) is -4.71. The lowest BCUT2D eigenvalue weighted by Crippen LogP contribution is -2.35.